The van der Waals surface area contributed by atoms with Gasteiger partial charge in [0, 0.05) is 48.7 Å². The minimum absolute atomic E-state index is 0.00460. The van der Waals surface area contributed by atoms with Crippen LogP contribution in [0.1, 0.15) is 18.4 Å². The maximum Gasteiger partial charge on any atom is 0.127 e. The van der Waals surface area contributed by atoms with Gasteiger partial charge in [-0.2, -0.15) is 0 Å². The van der Waals surface area contributed by atoms with Crippen molar-refractivity contribution in [2.75, 3.05) is 32.8 Å². The Kier molecular flexibility index (Phi) is 3.46. The van der Waals surface area contributed by atoms with E-state index in [1.165, 1.54) is 5.57 Å². The van der Waals surface area contributed by atoms with Crippen molar-refractivity contribution in [1.29, 1.82) is 0 Å². The van der Waals surface area contributed by atoms with Crippen molar-refractivity contribution in [1.82, 2.24) is 4.90 Å². The van der Waals surface area contributed by atoms with Gasteiger partial charge >= 0.3 is 0 Å². The first kappa shape index (κ1) is 15.2. The van der Waals surface area contributed by atoms with Crippen molar-refractivity contribution < 1.29 is 14.6 Å². The van der Waals surface area contributed by atoms with Crippen LogP contribution in [-0.2, 0) is 4.74 Å². The number of hydrogen-bond acceptors (Lipinski definition) is 4. The van der Waals surface area contributed by atoms with Gasteiger partial charge in [-0.05, 0) is 42.7 Å². The first-order valence-electron chi connectivity index (χ1n) is 8.80. The lowest BCUT2D eigenvalue weighted by Gasteiger charge is -2.28. The molecule has 1 aromatic carbocycles. The molecular weight excluding hydrogens is 326 g/mol. The molecule has 24 heavy (non-hydrogen) atoms. The summed E-state index contributed by atoms with van der Waals surface area (Å²) in [4.78, 5) is 2.47. The van der Waals surface area contributed by atoms with Crippen LogP contribution in [0.3, 0.4) is 0 Å². The molecule has 0 unspecified atom stereocenters. The molecule has 4 aliphatic rings. The van der Waals surface area contributed by atoms with E-state index in [-0.39, 0.29) is 18.3 Å². The van der Waals surface area contributed by atoms with Crippen LogP contribution in [0.25, 0.3) is 6.08 Å². The van der Waals surface area contributed by atoms with Gasteiger partial charge in [-0.1, -0.05) is 11.6 Å². The van der Waals surface area contributed by atoms with Gasteiger partial charge in [0.15, 0.2) is 0 Å². The Labute approximate surface area is 147 Å². The Morgan fingerprint density at radius 1 is 1.38 bits per heavy atom. The van der Waals surface area contributed by atoms with Crippen molar-refractivity contribution in [2.24, 2.45) is 11.8 Å². The Bertz CT molecular complexity index is 706. The van der Waals surface area contributed by atoms with Gasteiger partial charge in [-0.15, -0.1) is 0 Å². The standard InChI is InChI=1S/C19H22ClNO3/c20-14-1-2-17-13(6-14)5-12(10-23-17)7-21-8-16-15(9-22)18-3-4-19(16,11-21)24-18/h1-2,5-6,15-16,18,22H,3-4,7-11H2/t15-,16+,18+,19+/m1/s1. The molecule has 0 amide bonds. The quantitative estimate of drug-likeness (QED) is 0.912. The van der Waals surface area contributed by atoms with Crippen LogP contribution < -0.4 is 4.74 Å². The van der Waals surface area contributed by atoms with Crippen LogP contribution in [-0.4, -0.2) is 54.6 Å². The molecule has 4 nitrogen and oxygen atoms in total. The highest BCUT2D eigenvalue weighted by atomic mass is 35.5. The lowest BCUT2D eigenvalue weighted by atomic mass is 9.74. The largest absolute Gasteiger partial charge is 0.489 e. The number of hydrogen-bond donors (Lipinski definition) is 1. The number of nitrogens with zero attached hydrogens (tertiary/aromatic N) is 1. The summed E-state index contributed by atoms with van der Waals surface area (Å²) in [6, 6.07) is 5.76. The SMILES string of the molecule is OC[C@H]1[C@@H]2CC[C@@]3(CN(CC4=Cc5cc(Cl)ccc5OC4)C[C@@H]13)O2. The number of rotatable bonds is 3. The Morgan fingerprint density at radius 3 is 3.17 bits per heavy atom. The third-order valence-corrected chi connectivity index (χ3v) is 6.47. The molecule has 2 bridgehead atoms. The molecule has 4 atom stereocenters. The number of ether oxygens (including phenoxy) is 2. The van der Waals surface area contributed by atoms with Gasteiger partial charge in [0.2, 0.25) is 0 Å². The van der Waals surface area contributed by atoms with E-state index < -0.39 is 0 Å². The molecule has 1 aromatic rings. The minimum Gasteiger partial charge on any atom is -0.489 e. The Hall–Kier alpha value is -1.07. The molecule has 1 N–H and O–H groups in total. The summed E-state index contributed by atoms with van der Waals surface area (Å²) in [6.07, 6.45) is 4.74. The van der Waals surface area contributed by atoms with Crippen LogP contribution in [0.4, 0.5) is 0 Å². The van der Waals surface area contributed by atoms with Gasteiger partial charge in [-0.25, -0.2) is 0 Å². The minimum atomic E-state index is -0.00460. The van der Waals surface area contributed by atoms with E-state index in [0.717, 1.165) is 48.8 Å². The molecule has 128 valence electrons. The molecule has 3 saturated heterocycles. The fourth-order valence-corrected chi connectivity index (χ4v) is 5.41. The molecule has 0 aliphatic carbocycles. The topological polar surface area (TPSA) is 41.9 Å². The van der Waals surface area contributed by atoms with Crippen molar-refractivity contribution in [2.45, 2.75) is 24.5 Å². The predicted octanol–water partition coefficient (Wildman–Crippen LogP) is 2.59. The predicted molar refractivity (Wildman–Crippen MR) is 92.3 cm³/mol. The summed E-state index contributed by atoms with van der Waals surface area (Å²) in [5, 5.41) is 10.5. The first-order valence-corrected chi connectivity index (χ1v) is 9.17. The maximum absolute atomic E-state index is 9.73. The molecule has 5 rings (SSSR count). The highest BCUT2D eigenvalue weighted by molar-refractivity contribution is 6.30. The van der Waals surface area contributed by atoms with Crippen LogP contribution in [0, 0.1) is 11.8 Å². The van der Waals surface area contributed by atoms with Gasteiger partial charge in [0.05, 0.1) is 11.7 Å². The fourth-order valence-electron chi connectivity index (χ4n) is 5.23. The molecule has 0 radical (unpaired) electrons. The van der Waals surface area contributed by atoms with Crippen molar-refractivity contribution in [3.63, 3.8) is 0 Å². The summed E-state index contributed by atoms with van der Waals surface area (Å²) in [5.41, 5.74) is 2.33. The highest BCUT2D eigenvalue weighted by Gasteiger charge is 2.62. The number of aliphatic hydroxyl groups is 1. The normalized spacial score (nSPS) is 37.1. The molecule has 0 saturated carbocycles. The van der Waals surface area contributed by atoms with Crippen LogP contribution >= 0.6 is 11.6 Å². The summed E-state index contributed by atoms with van der Waals surface area (Å²) >= 11 is 6.10. The van der Waals surface area contributed by atoms with Gasteiger partial charge in [0.25, 0.3) is 0 Å². The lowest BCUT2D eigenvalue weighted by Crippen LogP contribution is -2.38. The zero-order valence-corrected chi connectivity index (χ0v) is 14.3. The monoisotopic (exact) mass is 347 g/mol. The molecule has 0 aromatic heterocycles. The van der Waals surface area contributed by atoms with Crippen molar-refractivity contribution in [3.05, 3.63) is 34.4 Å². The summed E-state index contributed by atoms with van der Waals surface area (Å²) in [5.74, 6) is 1.70. The second-order valence-corrected chi connectivity index (χ2v) is 8.09. The summed E-state index contributed by atoms with van der Waals surface area (Å²) in [7, 11) is 0. The zero-order chi connectivity index (χ0) is 16.3. The second kappa shape index (κ2) is 5.46. The fraction of sp³-hybridized carbons (Fsp3) is 0.579. The molecule has 4 heterocycles. The number of likely N-dealkylation sites (tertiary alicyclic amines) is 1. The van der Waals surface area contributed by atoms with Crippen LogP contribution in [0.2, 0.25) is 5.02 Å². The molecule has 4 aliphatic heterocycles. The molecule has 5 heteroatoms. The van der Waals surface area contributed by atoms with Crippen molar-refractivity contribution >= 4 is 17.7 Å². The van der Waals surface area contributed by atoms with E-state index in [2.05, 4.69) is 11.0 Å². The summed E-state index contributed by atoms with van der Waals surface area (Å²) < 4.78 is 12.2. The van der Waals surface area contributed by atoms with Crippen LogP contribution in [0.15, 0.2) is 23.8 Å². The highest BCUT2D eigenvalue weighted by Crippen LogP contribution is 2.54. The second-order valence-electron chi connectivity index (χ2n) is 7.66. The smallest absolute Gasteiger partial charge is 0.127 e. The first-order chi connectivity index (χ1) is 11.7. The van der Waals surface area contributed by atoms with Gasteiger partial charge < -0.3 is 14.6 Å². The third-order valence-electron chi connectivity index (χ3n) is 6.24. The number of fused-ring (bicyclic) bond motifs is 2. The van der Waals surface area contributed by atoms with Gasteiger partial charge in [0.1, 0.15) is 12.4 Å². The van der Waals surface area contributed by atoms with E-state index in [1.54, 1.807) is 0 Å². The number of aliphatic hydroxyl groups excluding tert-OH is 1. The maximum atomic E-state index is 9.73. The summed E-state index contributed by atoms with van der Waals surface area (Å²) in [6.45, 7) is 3.78. The van der Waals surface area contributed by atoms with Gasteiger partial charge in [-0.3, -0.25) is 4.90 Å². The molecule has 1 spiro atoms. The van der Waals surface area contributed by atoms with Crippen LogP contribution in [0.5, 0.6) is 5.75 Å². The zero-order valence-electron chi connectivity index (χ0n) is 13.6. The third kappa shape index (κ3) is 2.24. The van der Waals surface area contributed by atoms with E-state index in [0.29, 0.717) is 18.4 Å². The van der Waals surface area contributed by atoms with E-state index in [9.17, 15) is 5.11 Å². The Balaban J connectivity index is 1.33. The number of benzene rings is 1. The number of halogens is 1. The van der Waals surface area contributed by atoms with E-state index >= 15 is 0 Å². The average molecular weight is 348 g/mol. The average Bonchev–Trinajstić information content (AvgIpc) is 3.21. The van der Waals surface area contributed by atoms with E-state index in [4.69, 9.17) is 21.1 Å². The molecule has 3 fully saturated rings. The van der Waals surface area contributed by atoms with Crippen molar-refractivity contribution in [3.8, 4) is 5.75 Å². The Morgan fingerprint density at radius 2 is 2.29 bits per heavy atom. The van der Waals surface area contributed by atoms with E-state index in [1.807, 2.05) is 18.2 Å². The molecular formula is C19H22ClNO3. The lowest BCUT2D eigenvalue weighted by molar-refractivity contribution is 0.00166.